The summed E-state index contributed by atoms with van der Waals surface area (Å²) in [5.74, 6) is -0.410. The van der Waals surface area contributed by atoms with E-state index in [1.165, 1.54) is 18.2 Å². The Morgan fingerprint density at radius 2 is 1.93 bits per heavy atom. The van der Waals surface area contributed by atoms with Crippen LogP contribution in [-0.4, -0.2) is 26.0 Å². The second-order valence-electron chi connectivity index (χ2n) is 7.14. The van der Waals surface area contributed by atoms with Crippen LogP contribution >= 0.6 is 34.5 Å². The molecule has 29 heavy (non-hydrogen) atoms. The number of nitrogens with zero attached hydrogens (tertiary/aromatic N) is 3. The molecule has 5 nitrogen and oxygen atoms in total. The summed E-state index contributed by atoms with van der Waals surface area (Å²) < 4.78 is 40.2. The van der Waals surface area contributed by atoms with Gasteiger partial charge in [-0.15, -0.1) is 5.10 Å². The number of alkyl halides is 3. The molecule has 1 N–H and O–H groups in total. The summed E-state index contributed by atoms with van der Waals surface area (Å²) in [6.45, 7) is 5.43. The summed E-state index contributed by atoms with van der Waals surface area (Å²) in [6.07, 6.45) is -2.02. The molecule has 0 saturated heterocycles. The number of halogens is 5. The van der Waals surface area contributed by atoms with E-state index < -0.39 is 22.6 Å². The summed E-state index contributed by atoms with van der Waals surface area (Å²) in [5, 5.41) is 6.00. The molecule has 1 amide bonds. The quantitative estimate of drug-likeness (QED) is 0.507. The molecule has 3 rings (SSSR count). The predicted molar refractivity (Wildman–Crippen MR) is 108 cm³/mol. The number of imidazole rings is 1. The summed E-state index contributed by atoms with van der Waals surface area (Å²) in [6, 6.07) is 4.69. The maximum Gasteiger partial charge on any atom is 0.445 e. The highest BCUT2D eigenvalue weighted by Gasteiger charge is 2.36. The highest BCUT2D eigenvalue weighted by atomic mass is 35.5. The molecule has 0 fully saturated rings. The molecule has 2 heterocycles. The van der Waals surface area contributed by atoms with Crippen molar-refractivity contribution in [1.29, 1.82) is 0 Å². The van der Waals surface area contributed by atoms with Crippen molar-refractivity contribution in [2.24, 2.45) is 0 Å². The van der Waals surface area contributed by atoms with E-state index in [0.29, 0.717) is 27.6 Å². The number of carbonyl (C=O) groups is 1. The second kappa shape index (κ2) is 7.62. The second-order valence-corrected chi connectivity index (χ2v) is 8.94. The maximum absolute atomic E-state index is 13.1. The van der Waals surface area contributed by atoms with Gasteiger partial charge in [0.2, 0.25) is 15.9 Å². The minimum atomic E-state index is -4.60. The van der Waals surface area contributed by atoms with E-state index in [0.717, 1.165) is 4.52 Å². The van der Waals surface area contributed by atoms with Crippen LogP contribution in [0, 0.1) is 0 Å². The molecule has 2 aromatic heterocycles. The Morgan fingerprint density at radius 1 is 1.24 bits per heavy atom. The van der Waals surface area contributed by atoms with Crippen LogP contribution in [0.25, 0.3) is 22.3 Å². The lowest BCUT2D eigenvalue weighted by Crippen LogP contribution is -2.39. The van der Waals surface area contributed by atoms with Gasteiger partial charge in [0, 0.05) is 22.2 Å². The minimum Gasteiger partial charge on any atom is -0.348 e. The molecule has 0 aliphatic carbocycles. The molecule has 0 saturated carbocycles. The van der Waals surface area contributed by atoms with Gasteiger partial charge in [-0.2, -0.15) is 13.2 Å². The Bertz CT molecular complexity index is 1110. The van der Waals surface area contributed by atoms with E-state index >= 15 is 0 Å². The number of amides is 1. The van der Waals surface area contributed by atoms with Crippen LogP contribution < -0.4 is 5.32 Å². The van der Waals surface area contributed by atoms with E-state index in [-0.39, 0.29) is 15.7 Å². The van der Waals surface area contributed by atoms with Crippen molar-refractivity contribution < 1.29 is 18.0 Å². The zero-order valence-electron chi connectivity index (χ0n) is 15.4. The van der Waals surface area contributed by atoms with E-state index in [1.807, 2.05) is 20.8 Å². The van der Waals surface area contributed by atoms with Crippen LogP contribution in [0.15, 0.2) is 24.3 Å². The fraction of sp³-hybridized carbons (Fsp3) is 0.278. The average molecular weight is 463 g/mol. The van der Waals surface area contributed by atoms with Gasteiger partial charge in [-0.05, 0) is 45.0 Å². The van der Waals surface area contributed by atoms with Gasteiger partial charge in [0.25, 0.3) is 0 Å². The third kappa shape index (κ3) is 4.91. The van der Waals surface area contributed by atoms with Crippen molar-refractivity contribution in [3.63, 3.8) is 0 Å². The predicted octanol–water partition coefficient (Wildman–Crippen LogP) is 5.71. The molecule has 0 aliphatic heterocycles. The number of hydrogen-bond donors (Lipinski definition) is 1. The summed E-state index contributed by atoms with van der Waals surface area (Å²) in [4.78, 5) is 16.4. The van der Waals surface area contributed by atoms with Crippen LogP contribution in [0.2, 0.25) is 10.0 Å². The first-order valence-corrected chi connectivity index (χ1v) is 9.85. The normalized spacial score (nSPS) is 12.8. The summed E-state index contributed by atoms with van der Waals surface area (Å²) in [7, 11) is 0. The van der Waals surface area contributed by atoms with Crippen LogP contribution in [0.3, 0.4) is 0 Å². The molecule has 0 bridgehead atoms. The standard InChI is InChI=1S/C18H15Cl2F3N4OS/c1-17(2,3)25-13(28)7-6-12-14(10-5-4-9(19)8-11(10)20)24-16-27(12)26-15(29-16)18(21,22)23/h4-8H,1-3H3,(H,25,28)/b7-6+. The molecular formula is C18H15Cl2F3N4OS. The van der Waals surface area contributed by atoms with Gasteiger partial charge < -0.3 is 5.32 Å². The SMILES string of the molecule is CC(C)(C)NC(=O)/C=C/c1c(-c2ccc(Cl)cc2Cl)nc2sc(C(F)(F)F)nn12. The smallest absolute Gasteiger partial charge is 0.348 e. The monoisotopic (exact) mass is 462 g/mol. The number of carbonyl (C=O) groups excluding carboxylic acids is 1. The van der Waals surface area contributed by atoms with Gasteiger partial charge in [0.05, 0.1) is 10.7 Å². The first-order valence-electron chi connectivity index (χ1n) is 8.27. The number of nitrogens with one attached hydrogen (secondary N) is 1. The Hall–Kier alpha value is -2.10. The summed E-state index contributed by atoms with van der Waals surface area (Å²) >= 11 is 12.6. The Labute approximate surface area is 178 Å². The van der Waals surface area contributed by atoms with E-state index in [2.05, 4.69) is 15.4 Å². The lowest BCUT2D eigenvalue weighted by Gasteiger charge is -2.18. The molecule has 0 spiro atoms. The van der Waals surface area contributed by atoms with Gasteiger partial charge in [-0.3, -0.25) is 4.79 Å². The number of fused-ring (bicyclic) bond motifs is 1. The van der Waals surface area contributed by atoms with E-state index in [9.17, 15) is 18.0 Å². The van der Waals surface area contributed by atoms with Crippen LogP contribution in [0.4, 0.5) is 13.2 Å². The van der Waals surface area contributed by atoms with Crippen LogP contribution in [0.5, 0.6) is 0 Å². The zero-order valence-corrected chi connectivity index (χ0v) is 17.8. The Kier molecular flexibility index (Phi) is 5.68. The van der Waals surface area contributed by atoms with Gasteiger partial charge in [0.1, 0.15) is 5.69 Å². The van der Waals surface area contributed by atoms with Gasteiger partial charge >= 0.3 is 6.18 Å². The first kappa shape index (κ1) is 21.6. The highest BCUT2D eigenvalue weighted by Crippen LogP contribution is 2.37. The van der Waals surface area contributed by atoms with Gasteiger partial charge in [-0.1, -0.05) is 34.5 Å². The number of benzene rings is 1. The molecule has 1 aromatic carbocycles. The van der Waals surface area contributed by atoms with Gasteiger partial charge in [0.15, 0.2) is 0 Å². The molecule has 3 aromatic rings. The number of hydrogen-bond acceptors (Lipinski definition) is 4. The van der Waals surface area contributed by atoms with Crippen molar-refractivity contribution in [3.8, 4) is 11.3 Å². The molecule has 0 atom stereocenters. The maximum atomic E-state index is 13.1. The summed E-state index contributed by atoms with van der Waals surface area (Å²) in [5.41, 5.74) is 0.470. The minimum absolute atomic E-state index is 0.0224. The van der Waals surface area contributed by atoms with E-state index in [4.69, 9.17) is 23.2 Å². The third-order valence-corrected chi connectivity index (χ3v) is 5.06. The largest absolute Gasteiger partial charge is 0.445 e. The number of aromatic nitrogens is 3. The zero-order chi connectivity index (χ0) is 21.6. The molecule has 0 radical (unpaired) electrons. The molecule has 0 aliphatic rings. The Morgan fingerprint density at radius 3 is 2.52 bits per heavy atom. The lowest BCUT2D eigenvalue weighted by atomic mass is 10.1. The van der Waals surface area contributed by atoms with Crippen LogP contribution in [0.1, 0.15) is 31.5 Å². The molecule has 11 heteroatoms. The van der Waals surface area contributed by atoms with Gasteiger partial charge in [-0.25, -0.2) is 9.50 Å². The fourth-order valence-electron chi connectivity index (χ4n) is 2.47. The Balaban J connectivity index is 2.14. The van der Waals surface area contributed by atoms with Crippen LogP contribution in [-0.2, 0) is 11.0 Å². The highest BCUT2D eigenvalue weighted by molar-refractivity contribution is 7.16. The average Bonchev–Trinajstić information content (AvgIpc) is 3.09. The third-order valence-electron chi connectivity index (χ3n) is 3.56. The fourth-order valence-corrected chi connectivity index (χ4v) is 3.75. The number of rotatable bonds is 3. The first-order chi connectivity index (χ1) is 13.3. The topological polar surface area (TPSA) is 59.3 Å². The molecule has 0 unspecified atom stereocenters. The van der Waals surface area contributed by atoms with Crippen molar-refractivity contribution in [3.05, 3.63) is 45.0 Å². The lowest BCUT2D eigenvalue weighted by molar-refractivity contribution is -0.138. The van der Waals surface area contributed by atoms with Crippen molar-refractivity contribution in [1.82, 2.24) is 19.9 Å². The van der Waals surface area contributed by atoms with Crippen molar-refractivity contribution >= 4 is 51.5 Å². The van der Waals surface area contributed by atoms with Crippen molar-refractivity contribution in [2.75, 3.05) is 0 Å². The van der Waals surface area contributed by atoms with Crippen molar-refractivity contribution in [2.45, 2.75) is 32.5 Å². The molecular weight excluding hydrogens is 448 g/mol. The molecule has 154 valence electrons. The van der Waals surface area contributed by atoms with E-state index in [1.54, 1.807) is 12.1 Å².